The van der Waals surface area contributed by atoms with E-state index < -0.39 is 0 Å². The molecular formula is C18H13NO. The van der Waals surface area contributed by atoms with Gasteiger partial charge >= 0.3 is 0 Å². The van der Waals surface area contributed by atoms with E-state index in [1.54, 1.807) is 0 Å². The van der Waals surface area contributed by atoms with Crippen LogP contribution in [0.1, 0.15) is 22.5 Å². The molecule has 0 amide bonds. The fraction of sp³-hybridized carbons (Fsp3) is 0.111. The van der Waals surface area contributed by atoms with Crippen LogP contribution in [-0.2, 0) is 6.42 Å². The normalized spacial score (nSPS) is 13.7. The molecule has 0 spiro atoms. The molecule has 0 unspecified atom stereocenters. The van der Waals surface area contributed by atoms with Gasteiger partial charge in [-0.1, -0.05) is 48.5 Å². The maximum absolute atomic E-state index is 12.3. The molecule has 0 bridgehead atoms. The summed E-state index contributed by atoms with van der Waals surface area (Å²) in [5.41, 5.74) is 4.90. The zero-order valence-electron chi connectivity index (χ0n) is 11.0. The van der Waals surface area contributed by atoms with Gasteiger partial charge in [-0.3, -0.25) is 9.78 Å². The lowest BCUT2D eigenvalue weighted by atomic mass is 9.94. The van der Waals surface area contributed by atoms with Crippen molar-refractivity contribution in [2.75, 3.05) is 0 Å². The first-order valence-corrected chi connectivity index (χ1v) is 6.85. The van der Waals surface area contributed by atoms with Gasteiger partial charge in [-0.15, -0.1) is 0 Å². The molecule has 2 aromatic carbocycles. The van der Waals surface area contributed by atoms with E-state index in [1.165, 1.54) is 0 Å². The van der Waals surface area contributed by atoms with Gasteiger partial charge in [0.25, 0.3) is 0 Å². The predicted octanol–water partition coefficient (Wildman–Crippen LogP) is 4.03. The summed E-state index contributed by atoms with van der Waals surface area (Å²) in [7, 11) is 0. The molecule has 1 aromatic heterocycles. The van der Waals surface area contributed by atoms with E-state index in [-0.39, 0.29) is 5.78 Å². The molecule has 0 atom stereocenters. The molecule has 0 fully saturated rings. The van der Waals surface area contributed by atoms with Crippen LogP contribution in [0.25, 0.3) is 22.0 Å². The fourth-order valence-corrected chi connectivity index (χ4v) is 3.01. The topological polar surface area (TPSA) is 30.0 Å². The maximum atomic E-state index is 12.3. The zero-order chi connectivity index (χ0) is 13.5. The lowest BCUT2D eigenvalue weighted by Gasteiger charge is -2.11. The molecule has 0 radical (unpaired) electrons. The van der Waals surface area contributed by atoms with Crippen molar-refractivity contribution in [2.45, 2.75) is 12.8 Å². The van der Waals surface area contributed by atoms with Crippen molar-refractivity contribution in [1.29, 1.82) is 0 Å². The van der Waals surface area contributed by atoms with Crippen LogP contribution in [0.3, 0.4) is 0 Å². The molecule has 0 saturated carbocycles. The number of ketones is 1. The van der Waals surface area contributed by atoms with Crippen LogP contribution in [0.15, 0.2) is 54.6 Å². The largest absolute Gasteiger partial charge is 0.294 e. The first kappa shape index (κ1) is 11.4. The number of para-hydroxylation sites is 1. The van der Waals surface area contributed by atoms with E-state index in [0.29, 0.717) is 6.42 Å². The Labute approximate surface area is 117 Å². The van der Waals surface area contributed by atoms with Crippen molar-refractivity contribution in [1.82, 2.24) is 4.98 Å². The summed E-state index contributed by atoms with van der Waals surface area (Å²) in [6.45, 7) is 0. The van der Waals surface area contributed by atoms with Gasteiger partial charge in [-0.2, -0.15) is 0 Å². The van der Waals surface area contributed by atoms with Gasteiger partial charge in [0.1, 0.15) is 0 Å². The first-order valence-electron chi connectivity index (χ1n) is 6.85. The highest BCUT2D eigenvalue weighted by Crippen LogP contribution is 2.36. The number of nitrogens with zero attached hydrogens (tertiary/aromatic N) is 1. The minimum atomic E-state index is 0.220. The Morgan fingerprint density at radius 2 is 1.55 bits per heavy atom. The smallest absolute Gasteiger partial charge is 0.165 e. The quantitative estimate of drug-likeness (QED) is 0.660. The first-order chi connectivity index (χ1) is 9.84. The monoisotopic (exact) mass is 259 g/mol. The molecule has 3 aromatic rings. The van der Waals surface area contributed by atoms with Gasteiger partial charge in [-0.05, 0) is 18.1 Å². The molecule has 1 aliphatic carbocycles. The van der Waals surface area contributed by atoms with Crippen LogP contribution >= 0.6 is 0 Å². The van der Waals surface area contributed by atoms with Crippen molar-refractivity contribution in [3.8, 4) is 11.1 Å². The third kappa shape index (κ3) is 1.58. The van der Waals surface area contributed by atoms with E-state index in [2.05, 4.69) is 23.2 Å². The molecule has 0 N–H and O–H groups in total. The second-order valence-electron chi connectivity index (χ2n) is 5.11. The van der Waals surface area contributed by atoms with E-state index in [1.807, 2.05) is 36.4 Å². The van der Waals surface area contributed by atoms with E-state index in [9.17, 15) is 4.79 Å². The Balaban J connectivity index is 2.17. The summed E-state index contributed by atoms with van der Waals surface area (Å²) >= 11 is 0. The lowest BCUT2D eigenvalue weighted by molar-refractivity contribution is 0.0995. The number of hydrogen-bond donors (Lipinski definition) is 0. The number of aryl methyl sites for hydroxylation is 1. The van der Waals surface area contributed by atoms with Crippen LogP contribution < -0.4 is 0 Å². The van der Waals surface area contributed by atoms with E-state index in [0.717, 1.165) is 39.7 Å². The predicted molar refractivity (Wildman–Crippen MR) is 79.8 cm³/mol. The van der Waals surface area contributed by atoms with Crippen LogP contribution in [0, 0.1) is 0 Å². The number of hydrogen-bond acceptors (Lipinski definition) is 2. The molecule has 4 rings (SSSR count). The maximum Gasteiger partial charge on any atom is 0.165 e. The van der Waals surface area contributed by atoms with Crippen LogP contribution in [0.5, 0.6) is 0 Å². The van der Waals surface area contributed by atoms with Crippen molar-refractivity contribution < 1.29 is 4.79 Å². The molecule has 0 saturated heterocycles. The number of aromatic nitrogens is 1. The third-order valence-electron chi connectivity index (χ3n) is 3.90. The van der Waals surface area contributed by atoms with E-state index in [4.69, 9.17) is 0 Å². The molecule has 2 nitrogen and oxygen atoms in total. The highest BCUT2D eigenvalue weighted by atomic mass is 16.1. The number of rotatable bonds is 1. The SMILES string of the molecule is O=C1CCc2nc3ccccc3c(-c3ccccc3)c21. The van der Waals surface area contributed by atoms with Crippen molar-refractivity contribution >= 4 is 16.7 Å². The number of fused-ring (bicyclic) bond motifs is 2. The summed E-state index contributed by atoms with van der Waals surface area (Å²) in [5.74, 6) is 0.220. The summed E-state index contributed by atoms with van der Waals surface area (Å²) in [6.07, 6.45) is 1.34. The number of carbonyl (C=O) groups is 1. The number of carbonyl (C=O) groups excluding carboxylic acids is 1. The minimum absolute atomic E-state index is 0.220. The van der Waals surface area contributed by atoms with Gasteiger partial charge in [0.05, 0.1) is 11.2 Å². The van der Waals surface area contributed by atoms with Crippen LogP contribution in [-0.4, -0.2) is 10.8 Å². The molecule has 1 heterocycles. The Morgan fingerprint density at radius 3 is 2.40 bits per heavy atom. The Kier molecular flexibility index (Phi) is 2.43. The van der Waals surface area contributed by atoms with Crippen molar-refractivity contribution in [3.63, 3.8) is 0 Å². The molecule has 2 heteroatoms. The Hall–Kier alpha value is -2.48. The standard InChI is InChI=1S/C18H13NO/c20-16-11-10-15-18(16)17(12-6-2-1-3-7-12)13-8-4-5-9-14(13)19-15/h1-9H,10-11H2. The zero-order valence-corrected chi connectivity index (χ0v) is 11.0. The van der Waals surface area contributed by atoms with Crippen molar-refractivity contribution in [2.24, 2.45) is 0 Å². The Morgan fingerprint density at radius 1 is 0.800 bits per heavy atom. The minimum Gasteiger partial charge on any atom is -0.294 e. The highest BCUT2D eigenvalue weighted by molar-refractivity contribution is 6.12. The molecule has 1 aliphatic rings. The van der Waals surface area contributed by atoms with Crippen molar-refractivity contribution in [3.05, 3.63) is 65.9 Å². The van der Waals surface area contributed by atoms with E-state index >= 15 is 0 Å². The number of benzene rings is 2. The van der Waals surface area contributed by atoms with Crippen LogP contribution in [0.4, 0.5) is 0 Å². The lowest BCUT2D eigenvalue weighted by Crippen LogP contribution is -1.99. The average molecular weight is 259 g/mol. The van der Waals surface area contributed by atoms with Gasteiger partial charge in [0, 0.05) is 22.9 Å². The summed E-state index contributed by atoms with van der Waals surface area (Å²) < 4.78 is 0. The Bertz CT molecular complexity index is 821. The highest BCUT2D eigenvalue weighted by Gasteiger charge is 2.26. The molecule has 96 valence electrons. The number of pyridine rings is 1. The molecule has 20 heavy (non-hydrogen) atoms. The molecule has 0 aliphatic heterocycles. The van der Waals surface area contributed by atoms with Gasteiger partial charge in [0.2, 0.25) is 0 Å². The van der Waals surface area contributed by atoms with Gasteiger partial charge in [-0.25, -0.2) is 0 Å². The second kappa shape index (κ2) is 4.27. The second-order valence-corrected chi connectivity index (χ2v) is 5.11. The summed E-state index contributed by atoms with van der Waals surface area (Å²) in [4.78, 5) is 16.9. The summed E-state index contributed by atoms with van der Waals surface area (Å²) in [5, 5.41) is 1.06. The average Bonchev–Trinajstić information content (AvgIpc) is 2.87. The fourth-order valence-electron chi connectivity index (χ4n) is 3.01. The van der Waals surface area contributed by atoms with Gasteiger partial charge in [0.15, 0.2) is 5.78 Å². The third-order valence-corrected chi connectivity index (χ3v) is 3.90. The summed E-state index contributed by atoms with van der Waals surface area (Å²) in [6, 6.07) is 18.2. The van der Waals surface area contributed by atoms with Gasteiger partial charge < -0.3 is 0 Å². The number of Topliss-reactive ketones (excluding diaryl/α,β-unsaturated/α-hetero) is 1. The molecular weight excluding hydrogens is 246 g/mol. The van der Waals surface area contributed by atoms with Crippen LogP contribution in [0.2, 0.25) is 0 Å².